The van der Waals surface area contributed by atoms with Crippen molar-refractivity contribution in [3.8, 4) is 11.3 Å². The highest BCUT2D eigenvalue weighted by Gasteiger charge is 2.34. The number of aryl methyl sites for hydroxylation is 1. The van der Waals surface area contributed by atoms with Gasteiger partial charge in [0.05, 0.1) is 30.0 Å². The Morgan fingerprint density at radius 2 is 2.15 bits per heavy atom. The largest absolute Gasteiger partial charge is 0.334 e. The van der Waals surface area contributed by atoms with Gasteiger partial charge in [-0.1, -0.05) is 0 Å². The SMILES string of the molecule is Cn1cncc1-c1cn(C2CC(CN)C2)nc1C1CC1. The van der Waals surface area contributed by atoms with Crippen LogP contribution in [-0.4, -0.2) is 25.9 Å². The van der Waals surface area contributed by atoms with Crippen molar-refractivity contribution in [2.24, 2.45) is 18.7 Å². The number of hydrogen-bond acceptors (Lipinski definition) is 3. The van der Waals surface area contributed by atoms with Crippen molar-refractivity contribution in [1.82, 2.24) is 19.3 Å². The molecule has 2 N–H and O–H groups in total. The molecule has 2 saturated carbocycles. The van der Waals surface area contributed by atoms with E-state index < -0.39 is 0 Å². The summed E-state index contributed by atoms with van der Waals surface area (Å²) < 4.78 is 4.26. The van der Waals surface area contributed by atoms with E-state index in [1.165, 1.54) is 42.6 Å². The van der Waals surface area contributed by atoms with Gasteiger partial charge >= 0.3 is 0 Å². The van der Waals surface area contributed by atoms with Crippen LogP contribution in [0, 0.1) is 5.92 Å². The molecule has 20 heavy (non-hydrogen) atoms. The molecule has 0 aromatic carbocycles. The van der Waals surface area contributed by atoms with Crippen molar-refractivity contribution < 1.29 is 0 Å². The van der Waals surface area contributed by atoms with Gasteiger partial charge in [0.2, 0.25) is 0 Å². The number of nitrogens with zero attached hydrogens (tertiary/aromatic N) is 4. The molecule has 0 atom stereocenters. The van der Waals surface area contributed by atoms with Crippen LogP contribution in [-0.2, 0) is 7.05 Å². The first-order valence-corrected chi connectivity index (χ1v) is 7.52. The first-order chi connectivity index (χ1) is 9.76. The number of imidazole rings is 1. The van der Waals surface area contributed by atoms with Crippen LogP contribution in [0.4, 0.5) is 0 Å². The van der Waals surface area contributed by atoms with Crippen molar-refractivity contribution in [3.05, 3.63) is 24.4 Å². The lowest BCUT2D eigenvalue weighted by Gasteiger charge is -2.34. The van der Waals surface area contributed by atoms with Gasteiger partial charge in [0, 0.05) is 24.7 Å². The maximum Gasteiger partial charge on any atom is 0.0948 e. The molecule has 2 heterocycles. The number of aromatic nitrogens is 4. The Morgan fingerprint density at radius 1 is 1.35 bits per heavy atom. The van der Waals surface area contributed by atoms with Gasteiger partial charge in [-0.15, -0.1) is 0 Å². The molecule has 0 saturated heterocycles. The van der Waals surface area contributed by atoms with Crippen molar-refractivity contribution in [2.75, 3.05) is 6.54 Å². The fraction of sp³-hybridized carbons (Fsp3) is 0.600. The summed E-state index contributed by atoms with van der Waals surface area (Å²) in [4.78, 5) is 4.24. The summed E-state index contributed by atoms with van der Waals surface area (Å²) in [5.74, 6) is 1.35. The normalized spacial score (nSPS) is 25.7. The van der Waals surface area contributed by atoms with Crippen molar-refractivity contribution in [1.29, 1.82) is 0 Å². The molecule has 5 nitrogen and oxygen atoms in total. The number of hydrogen-bond donors (Lipinski definition) is 1. The van der Waals surface area contributed by atoms with E-state index in [0.29, 0.717) is 17.9 Å². The van der Waals surface area contributed by atoms with Crippen molar-refractivity contribution in [3.63, 3.8) is 0 Å². The molecule has 5 heteroatoms. The summed E-state index contributed by atoms with van der Waals surface area (Å²) >= 11 is 0. The van der Waals surface area contributed by atoms with Crippen molar-refractivity contribution in [2.45, 2.75) is 37.6 Å². The van der Waals surface area contributed by atoms with Gasteiger partial charge in [0.15, 0.2) is 0 Å². The van der Waals surface area contributed by atoms with Crippen LogP contribution in [0.15, 0.2) is 18.7 Å². The molecule has 2 aliphatic carbocycles. The Kier molecular flexibility index (Phi) is 2.70. The molecule has 4 rings (SSSR count). The molecule has 0 spiro atoms. The van der Waals surface area contributed by atoms with Gasteiger partial charge in [-0.25, -0.2) is 4.98 Å². The van der Waals surface area contributed by atoms with E-state index in [9.17, 15) is 0 Å². The molecule has 2 aromatic heterocycles. The van der Waals surface area contributed by atoms with Crippen LogP contribution >= 0.6 is 0 Å². The highest BCUT2D eigenvalue weighted by molar-refractivity contribution is 5.62. The fourth-order valence-electron chi connectivity index (χ4n) is 3.17. The minimum atomic E-state index is 0.544. The van der Waals surface area contributed by atoms with Gasteiger partial charge < -0.3 is 10.3 Å². The van der Waals surface area contributed by atoms with Gasteiger partial charge in [-0.05, 0) is 38.1 Å². The maximum atomic E-state index is 5.72. The van der Waals surface area contributed by atoms with Gasteiger partial charge in [0.1, 0.15) is 0 Å². The summed E-state index contributed by atoms with van der Waals surface area (Å²) in [6, 6.07) is 0.544. The lowest BCUT2D eigenvalue weighted by Crippen LogP contribution is -2.32. The van der Waals surface area contributed by atoms with Crippen LogP contribution in [0.2, 0.25) is 0 Å². The third-order valence-corrected chi connectivity index (χ3v) is 4.74. The predicted molar refractivity (Wildman–Crippen MR) is 77.2 cm³/mol. The zero-order chi connectivity index (χ0) is 13.7. The van der Waals surface area contributed by atoms with Gasteiger partial charge in [0.25, 0.3) is 0 Å². The smallest absolute Gasteiger partial charge is 0.0948 e. The molecule has 2 fully saturated rings. The van der Waals surface area contributed by atoms with E-state index in [1.807, 2.05) is 19.6 Å². The zero-order valence-electron chi connectivity index (χ0n) is 11.9. The van der Waals surface area contributed by atoms with Crippen LogP contribution < -0.4 is 5.73 Å². The summed E-state index contributed by atoms with van der Waals surface area (Å²) in [6.45, 7) is 0.807. The Hall–Kier alpha value is -1.62. The highest BCUT2D eigenvalue weighted by Crippen LogP contribution is 2.45. The van der Waals surface area contributed by atoms with E-state index in [1.54, 1.807) is 0 Å². The van der Waals surface area contributed by atoms with Gasteiger partial charge in [-0.3, -0.25) is 4.68 Å². The molecule has 2 aromatic rings. The lowest BCUT2D eigenvalue weighted by molar-refractivity contribution is 0.189. The molecular weight excluding hydrogens is 250 g/mol. The molecular formula is C15H21N5. The number of rotatable bonds is 4. The summed E-state index contributed by atoms with van der Waals surface area (Å²) in [5, 5.41) is 4.89. The second-order valence-electron chi connectivity index (χ2n) is 6.30. The molecule has 0 amide bonds. The molecule has 2 aliphatic rings. The van der Waals surface area contributed by atoms with E-state index in [0.717, 1.165) is 6.54 Å². The Balaban J connectivity index is 1.68. The first kappa shape index (κ1) is 12.1. The third kappa shape index (κ3) is 1.88. The lowest BCUT2D eigenvalue weighted by atomic mass is 9.80. The molecule has 0 radical (unpaired) electrons. The Morgan fingerprint density at radius 3 is 2.75 bits per heavy atom. The Labute approximate surface area is 118 Å². The summed E-state index contributed by atoms with van der Waals surface area (Å²) in [5.41, 5.74) is 9.43. The molecule has 0 aliphatic heterocycles. The summed E-state index contributed by atoms with van der Waals surface area (Å²) in [7, 11) is 2.05. The predicted octanol–water partition coefficient (Wildman–Crippen LogP) is 2.07. The summed E-state index contributed by atoms with van der Waals surface area (Å²) in [6.07, 6.45) is 10.9. The fourth-order valence-corrected chi connectivity index (χ4v) is 3.17. The average Bonchev–Trinajstić information content (AvgIpc) is 3.01. The quantitative estimate of drug-likeness (QED) is 0.926. The van der Waals surface area contributed by atoms with Crippen LogP contribution in [0.3, 0.4) is 0 Å². The molecule has 106 valence electrons. The highest BCUT2D eigenvalue weighted by atomic mass is 15.3. The molecule has 0 bridgehead atoms. The van der Waals surface area contributed by atoms with E-state index >= 15 is 0 Å². The van der Waals surface area contributed by atoms with Crippen LogP contribution in [0.5, 0.6) is 0 Å². The topological polar surface area (TPSA) is 61.7 Å². The van der Waals surface area contributed by atoms with E-state index in [-0.39, 0.29) is 0 Å². The van der Waals surface area contributed by atoms with E-state index in [4.69, 9.17) is 10.8 Å². The minimum absolute atomic E-state index is 0.544. The average molecular weight is 271 g/mol. The number of nitrogens with two attached hydrogens (primary N) is 1. The first-order valence-electron chi connectivity index (χ1n) is 7.52. The zero-order valence-corrected chi connectivity index (χ0v) is 11.9. The Bertz CT molecular complexity index is 616. The third-order valence-electron chi connectivity index (χ3n) is 4.74. The van der Waals surface area contributed by atoms with Crippen LogP contribution in [0.25, 0.3) is 11.3 Å². The minimum Gasteiger partial charge on any atom is -0.334 e. The second-order valence-corrected chi connectivity index (χ2v) is 6.30. The standard InChI is InChI=1S/C15H21N5/c1-19-9-17-7-14(19)13-8-20(12-4-10(5-12)6-16)18-15(13)11-2-3-11/h7-12H,2-6,16H2,1H3. The van der Waals surface area contributed by atoms with Crippen molar-refractivity contribution >= 4 is 0 Å². The second kappa shape index (κ2) is 4.45. The van der Waals surface area contributed by atoms with Gasteiger partial charge in [-0.2, -0.15) is 5.10 Å². The van der Waals surface area contributed by atoms with E-state index in [2.05, 4.69) is 20.4 Å². The van der Waals surface area contributed by atoms with Crippen LogP contribution in [0.1, 0.15) is 43.3 Å². The monoisotopic (exact) mass is 271 g/mol. The molecule has 0 unspecified atom stereocenters. The maximum absolute atomic E-state index is 5.72.